The van der Waals surface area contributed by atoms with Crippen molar-refractivity contribution in [3.63, 3.8) is 0 Å². The van der Waals surface area contributed by atoms with Crippen LogP contribution in [0.2, 0.25) is 0 Å². The van der Waals surface area contributed by atoms with Gasteiger partial charge in [0.15, 0.2) is 0 Å². The Hall–Kier alpha value is -4.20. The summed E-state index contributed by atoms with van der Waals surface area (Å²) in [5, 5.41) is 6.00. The van der Waals surface area contributed by atoms with Crippen molar-refractivity contribution >= 4 is 29.2 Å². The van der Waals surface area contributed by atoms with Crippen molar-refractivity contribution in [1.29, 1.82) is 0 Å². The van der Waals surface area contributed by atoms with E-state index in [4.69, 9.17) is 4.74 Å². The van der Waals surface area contributed by atoms with Crippen molar-refractivity contribution in [1.82, 2.24) is 10.3 Å². The van der Waals surface area contributed by atoms with Gasteiger partial charge in [0, 0.05) is 30.8 Å². The molecular formula is C33H40N4O4. The van der Waals surface area contributed by atoms with E-state index in [0.29, 0.717) is 30.3 Å². The molecule has 1 fully saturated rings. The first-order valence-corrected chi connectivity index (χ1v) is 14.6. The maximum absolute atomic E-state index is 14.0. The van der Waals surface area contributed by atoms with Crippen molar-refractivity contribution in [2.45, 2.75) is 77.3 Å². The van der Waals surface area contributed by atoms with E-state index in [9.17, 15) is 14.4 Å². The largest absolute Gasteiger partial charge is 0.494 e. The van der Waals surface area contributed by atoms with Crippen molar-refractivity contribution in [3.05, 3.63) is 84.1 Å². The highest BCUT2D eigenvalue weighted by Crippen LogP contribution is 2.31. The first-order valence-electron chi connectivity index (χ1n) is 14.6. The highest BCUT2D eigenvalue weighted by molar-refractivity contribution is 6.01. The average Bonchev–Trinajstić information content (AvgIpc) is 2.98. The third-order valence-corrected chi connectivity index (χ3v) is 7.27. The van der Waals surface area contributed by atoms with E-state index in [-0.39, 0.29) is 36.6 Å². The van der Waals surface area contributed by atoms with Gasteiger partial charge in [0.25, 0.3) is 0 Å². The number of pyridine rings is 1. The van der Waals surface area contributed by atoms with Crippen LogP contribution in [0.4, 0.5) is 11.5 Å². The number of nitrogens with zero attached hydrogens (tertiary/aromatic N) is 2. The number of aromatic nitrogens is 1. The van der Waals surface area contributed by atoms with Crippen molar-refractivity contribution < 1.29 is 19.1 Å². The van der Waals surface area contributed by atoms with Crippen molar-refractivity contribution in [2.75, 3.05) is 16.8 Å². The lowest BCUT2D eigenvalue weighted by Gasteiger charge is -2.33. The molecule has 1 atom stereocenters. The molecule has 3 aromatic rings. The Morgan fingerprint density at radius 2 is 1.68 bits per heavy atom. The Bertz CT molecular complexity index is 1270. The number of carbonyl (C=O) groups excluding carboxylic acids is 3. The topological polar surface area (TPSA) is 101 Å². The van der Waals surface area contributed by atoms with E-state index >= 15 is 0 Å². The molecule has 0 bridgehead atoms. The lowest BCUT2D eigenvalue weighted by molar-refractivity contribution is -0.127. The molecular weight excluding hydrogens is 516 g/mol. The summed E-state index contributed by atoms with van der Waals surface area (Å²) in [7, 11) is 0. The molecule has 0 unspecified atom stereocenters. The van der Waals surface area contributed by atoms with E-state index < -0.39 is 6.04 Å². The van der Waals surface area contributed by atoms with E-state index in [1.54, 1.807) is 29.3 Å². The fourth-order valence-corrected chi connectivity index (χ4v) is 5.16. The zero-order chi connectivity index (χ0) is 29.0. The van der Waals surface area contributed by atoms with Gasteiger partial charge in [0.2, 0.25) is 17.7 Å². The monoisotopic (exact) mass is 556 g/mol. The lowest BCUT2D eigenvalue weighted by atomic mass is 9.94. The molecule has 1 aliphatic carbocycles. The van der Waals surface area contributed by atoms with Gasteiger partial charge < -0.3 is 15.4 Å². The van der Waals surface area contributed by atoms with Gasteiger partial charge in [-0.15, -0.1) is 0 Å². The summed E-state index contributed by atoms with van der Waals surface area (Å²) < 4.78 is 5.62. The number of aryl methyl sites for hydroxylation is 1. The summed E-state index contributed by atoms with van der Waals surface area (Å²) >= 11 is 0. The van der Waals surface area contributed by atoms with Crippen LogP contribution in [0.5, 0.6) is 5.75 Å². The van der Waals surface area contributed by atoms with Crippen LogP contribution in [0, 0.1) is 6.92 Å². The van der Waals surface area contributed by atoms with Gasteiger partial charge in [0.05, 0.1) is 6.61 Å². The zero-order valence-corrected chi connectivity index (χ0v) is 24.0. The molecule has 0 radical (unpaired) electrons. The molecule has 8 nitrogen and oxygen atoms in total. The predicted molar refractivity (Wildman–Crippen MR) is 161 cm³/mol. The maximum Gasteiger partial charge on any atom is 0.248 e. The Balaban J connectivity index is 1.58. The number of hydrogen-bond donors (Lipinski definition) is 2. The van der Waals surface area contributed by atoms with E-state index in [0.717, 1.165) is 36.8 Å². The molecule has 2 N–H and O–H groups in total. The van der Waals surface area contributed by atoms with Crippen LogP contribution in [0.3, 0.4) is 0 Å². The number of nitrogens with one attached hydrogen (secondary N) is 2. The van der Waals surface area contributed by atoms with Crippen LogP contribution >= 0.6 is 0 Å². The number of ether oxygens (including phenoxy) is 1. The third-order valence-electron chi connectivity index (χ3n) is 7.27. The SMILES string of the molecule is CCOc1ccc(N(C(=O)CCCC(=O)Nc2ccccn2)[C@H](C(=O)NC2CCCCC2)c2ccc(C)cc2)cc1. The normalized spacial score (nSPS) is 14.1. The second-order valence-corrected chi connectivity index (χ2v) is 10.5. The molecule has 0 saturated heterocycles. The quantitative estimate of drug-likeness (QED) is 0.280. The number of hydrogen-bond acceptors (Lipinski definition) is 5. The minimum atomic E-state index is -0.856. The minimum absolute atomic E-state index is 0.0942. The molecule has 4 rings (SSSR count). The number of benzene rings is 2. The van der Waals surface area contributed by atoms with Crippen LogP contribution in [0.1, 0.15) is 75.5 Å². The zero-order valence-electron chi connectivity index (χ0n) is 24.0. The smallest absolute Gasteiger partial charge is 0.248 e. The summed E-state index contributed by atoms with van der Waals surface area (Å²) in [6.07, 6.45) is 7.42. The fraction of sp³-hybridized carbons (Fsp3) is 0.394. The summed E-state index contributed by atoms with van der Waals surface area (Å²) in [6, 6.07) is 19.5. The Labute approximate surface area is 242 Å². The van der Waals surface area contributed by atoms with Crippen LogP contribution in [-0.2, 0) is 14.4 Å². The average molecular weight is 557 g/mol. The maximum atomic E-state index is 14.0. The first kappa shape index (κ1) is 29.8. The van der Waals surface area contributed by atoms with Gasteiger partial charge >= 0.3 is 0 Å². The van der Waals surface area contributed by atoms with Gasteiger partial charge in [0.1, 0.15) is 17.6 Å². The summed E-state index contributed by atoms with van der Waals surface area (Å²) in [5.74, 6) is 0.515. The number of rotatable bonds is 12. The minimum Gasteiger partial charge on any atom is -0.494 e. The lowest BCUT2D eigenvalue weighted by Crippen LogP contribution is -2.47. The van der Waals surface area contributed by atoms with Crippen molar-refractivity contribution in [2.24, 2.45) is 0 Å². The van der Waals surface area contributed by atoms with Gasteiger partial charge in [-0.05, 0) is 75.1 Å². The fourth-order valence-electron chi connectivity index (χ4n) is 5.16. The molecule has 0 spiro atoms. The van der Waals surface area contributed by atoms with Gasteiger partial charge in [-0.1, -0.05) is 55.2 Å². The van der Waals surface area contributed by atoms with E-state index in [1.165, 1.54) is 6.42 Å². The van der Waals surface area contributed by atoms with Gasteiger partial charge in [-0.25, -0.2) is 4.98 Å². The Morgan fingerprint density at radius 3 is 2.34 bits per heavy atom. The summed E-state index contributed by atoms with van der Waals surface area (Å²) in [6.45, 7) is 4.43. The highest BCUT2D eigenvalue weighted by atomic mass is 16.5. The molecule has 1 aromatic heterocycles. The van der Waals surface area contributed by atoms with Crippen LogP contribution in [0.15, 0.2) is 72.9 Å². The van der Waals surface area contributed by atoms with Crippen molar-refractivity contribution in [3.8, 4) is 5.75 Å². The molecule has 1 heterocycles. The Kier molecular flexibility index (Phi) is 10.9. The molecule has 3 amide bonds. The second-order valence-electron chi connectivity index (χ2n) is 10.5. The molecule has 2 aromatic carbocycles. The molecule has 216 valence electrons. The van der Waals surface area contributed by atoms with Gasteiger partial charge in [-0.2, -0.15) is 0 Å². The standard InChI is InChI=1S/C33H40N4O4/c1-3-41-28-21-19-27(20-22-28)37(31(39)14-9-13-30(38)36-29-12-7-8-23-34-29)32(25-17-15-24(2)16-18-25)33(40)35-26-10-5-4-6-11-26/h7-8,12,15-23,26,32H,3-6,9-11,13-14H2,1-2H3,(H,35,40)(H,34,36,38)/t32-/m0/s1. The first-order chi connectivity index (χ1) is 19.9. The number of carbonyl (C=O) groups is 3. The van der Waals surface area contributed by atoms with Gasteiger partial charge in [-0.3, -0.25) is 19.3 Å². The molecule has 8 heteroatoms. The predicted octanol–water partition coefficient (Wildman–Crippen LogP) is 6.12. The second kappa shape index (κ2) is 15.0. The van der Waals surface area contributed by atoms with E-state index in [2.05, 4.69) is 15.6 Å². The van der Waals surface area contributed by atoms with E-state index in [1.807, 2.05) is 62.4 Å². The van der Waals surface area contributed by atoms with Crippen LogP contribution in [0.25, 0.3) is 0 Å². The molecule has 41 heavy (non-hydrogen) atoms. The molecule has 0 aliphatic heterocycles. The molecule has 1 aliphatic rings. The Morgan fingerprint density at radius 1 is 0.951 bits per heavy atom. The highest BCUT2D eigenvalue weighted by Gasteiger charge is 2.34. The van der Waals surface area contributed by atoms with Crippen LogP contribution < -0.4 is 20.3 Å². The summed E-state index contributed by atoms with van der Waals surface area (Å²) in [4.78, 5) is 46.1. The van der Waals surface area contributed by atoms with Crippen LogP contribution in [-0.4, -0.2) is 35.4 Å². The summed E-state index contributed by atoms with van der Waals surface area (Å²) in [5.41, 5.74) is 2.40. The third kappa shape index (κ3) is 8.64. The number of anilines is 2. The molecule has 1 saturated carbocycles. The number of amides is 3.